The maximum Gasteiger partial charge on any atom is 0.116 e. The number of thioether (sulfide) groups is 1. The van der Waals surface area contributed by atoms with Gasteiger partial charge in [0.25, 0.3) is 0 Å². The van der Waals surface area contributed by atoms with E-state index in [4.69, 9.17) is 0 Å². The zero-order chi connectivity index (χ0) is 16.5. The van der Waals surface area contributed by atoms with Crippen LogP contribution in [-0.2, 0) is 5.41 Å². The normalized spacial score (nSPS) is 41.6. The molecule has 1 aromatic carbocycles. The third-order valence-corrected chi connectivity index (χ3v) is 8.93. The molecule has 1 aromatic rings. The number of hydrogen-bond donors (Lipinski definition) is 1. The van der Waals surface area contributed by atoms with Crippen molar-refractivity contribution >= 4 is 11.8 Å². The van der Waals surface area contributed by atoms with Crippen molar-refractivity contribution in [2.24, 2.45) is 22.7 Å². The summed E-state index contributed by atoms with van der Waals surface area (Å²) < 4.78 is 0. The number of rotatable bonds is 0. The molecule has 2 heteroatoms. The third-order valence-electron chi connectivity index (χ3n) is 7.78. The van der Waals surface area contributed by atoms with E-state index in [-0.39, 0.29) is 5.41 Å². The molecule has 23 heavy (non-hydrogen) atoms. The minimum atomic E-state index is 0.285. The molecule has 0 aromatic heterocycles. The second-order valence-electron chi connectivity index (χ2n) is 9.40. The highest BCUT2D eigenvalue weighted by Gasteiger charge is 2.59. The summed E-state index contributed by atoms with van der Waals surface area (Å²) in [5.41, 5.74) is 2.75. The van der Waals surface area contributed by atoms with Crippen LogP contribution in [0.4, 0.5) is 0 Å². The third kappa shape index (κ3) is 2.13. The first kappa shape index (κ1) is 15.9. The lowest BCUT2D eigenvalue weighted by Crippen LogP contribution is -2.58. The Morgan fingerprint density at radius 1 is 1.04 bits per heavy atom. The van der Waals surface area contributed by atoms with Crippen LogP contribution in [0.1, 0.15) is 65.4 Å². The highest BCUT2D eigenvalue weighted by Crippen LogP contribution is 2.67. The molecule has 0 bridgehead atoms. The molecule has 1 N–H and O–H groups in total. The molecule has 2 fully saturated rings. The summed E-state index contributed by atoms with van der Waals surface area (Å²) in [6.07, 6.45) is 6.85. The Balaban J connectivity index is 1.80. The van der Waals surface area contributed by atoms with E-state index in [1.165, 1.54) is 48.3 Å². The van der Waals surface area contributed by atoms with Gasteiger partial charge in [-0.2, -0.15) is 0 Å². The van der Waals surface area contributed by atoms with Gasteiger partial charge in [-0.05, 0) is 71.5 Å². The molecule has 126 valence electrons. The van der Waals surface area contributed by atoms with Crippen LogP contribution in [0.2, 0.25) is 0 Å². The van der Waals surface area contributed by atoms with Crippen molar-refractivity contribution in [1.29, 1.82) is 0 Å². The monoisotopic (exact) mass is 330 g/mol. The maximum atomic E-state index is 9.86. The number of hydrogen-bond acceptors (Lipinski definition) is 2. The van der Waals surface area contributed by atoms with Crippen molar-refractivity contribution in [3.8, 4) is 5.75 Å². The molecular weight excluding hydrogens is 300 g/mol. The molecule has 1 heterocycles. The van der Waals surface area contributed by atoms with Crippen LogP contribution in [0.15, 0.2) is 23.1 Å². The predicted molar refractivity (Wildman–Crippen MR) is 98.1 cm³/mol. The second kappa shape index (κ2) is 4.94. The quantitative estimate of drug-likeness (QED) is 0.629. The molecule has 0 spiro atoms. The number of phenolic OH excluding ortho intramolecular Hbond substituents is 1. The van der Waals surface area contributed by atoms with Crippen LogP contribution >= 0.6 is 11.8 Å². The zero-order valence-corrected chi connectivity index (χ0v) is 15.8. The van der Waals surface area contributed by atoms with Crippen molar-refractivity contribution in [3.63, 3.8) is 0 Å². The first-order valence-electron chi connectivity index (χ1n) is 9.24. The topological polar surface area (TPSA) is 20.2 Å². The summed E-state index contributed by atoms with van der Waals surface area (Å²) in [6, 6.07) is 6.09. The molecule has 3 aliphatic rings. The molecule has 4 rings (SSSR count). The van der Waals surface area contributed by atoms with E-state index in [2.05, 4.69) is 33.8 Å². The molecule has 2 aliphatic carbocycles. The smallest absolute Gasteiger partial charge is 0.116 e. The second-order valence-corrected chi connectivity index (χ2v) is 10.5. The fourth-order valence-corrected chi connectivity index (χ4v) is 8.38. The maximum absolute atomic E-state index is 9.86. The van der Waals surface area contributed by atoms with E-state index in [1.807, 2.05) is 23.9 Å². The number of benzene rings is 1. The lowest BCUT2D eigenvalue weighted by Gasteiger charge is -2.64. The Morgan fingerprint density at radius 3 is 2.61 bits per heavy atom. The van der Waals surface area contributed by atoms with Gasteiger partial charge in [-0.25, -0.2) is 0 Å². The average Bonchev–Trinajstić information content (AvgIpc) is 2.45. The van der Waals surface area contributed by atoms with Crippen molar-refractivity contribution in [2.45, 2.75) is 70.1 Å². The highest BCUT2D eigenvalue weighted by atomic mass is 32.2. The van der Waals surface area contributed by atoms with Crippen molar-refractivity contribution < 1.29 is 5.11 Å². The molecular formula is C21H30OS. The van der Waals surface area contributed by atoms with E-state index in [1.54, 1.807) is 0 Å². The Morgan fingerprint density at radius 2 is 1.83 bits per heavy atom. The van der Waals surface area contributed by atoms with Crippen molar-refractivity contribution in [1.82, 2.24) is 0 Å². The van der Waals surface area contributed by atoms with E-state index >= 15 is 0 Å². The first-order valence-corrected chi connectivity index (χ1v) is 10.2. The minimum Gasteiger partial charge on any atom is -0.508 e. The van der Waals surface area contributed by atoms with Gasteiger partial charge in [0.15, 0.2) is 0 Å². The standard InChI is InChI=1S/C21H30OS/c1-19(2)9-5-10-21(4)17(19)8-11-20(3)15-7-6-14(22)12-16(15)23-13-18(20)21/h6-7,12,17-18,22H,5,8-11,13H2,1-4H3/t17-,18-,20-,21-/m0/s1. The molecule has 0 unspecified atom stereocenters. The van der Waals surface area contributed by atoms with Gasteiger partial charge in [-0.1, -0.05) is 40.2 Å². The van der Waals surface area contributed by atoms with Crippen LogP contribution in [0, 0.1) is 22.7 Å². The van der Waals surface area contributed by atoms with E-state index in [0.717, 1.165) is 11.8 Å². The van der Waals surface area contributed by atoms with E-state index < -0.39 is 0 Å². The highest BCUT2D eigenvalue weighted by molar-refractivity contribution is 7.99. The number of fused-ring (bicyclic) bond motifs is 5. The molecule has 0 saturated heterocycles. The van der Waals surface area contributed by atoms with Crippen LogP contribution in [0.25, 0.3) is 0 Å². The molecule has 0 amide bonds. The summed E-state index contributed by atoms with van der Waals surface area (Å²) in [5, 5.41) is 9.86. The predicted octanol–water partition coefficient (Wildman–Crippen LogP) is 6.00. The number of aromatic hydroxyl groups is 1. The average molecular weight is 331 g/mol. The Bertz CT molecular complexity index is 637. The summed E-state index contributed by atoms with van der Waals surface area (Å²) in [7, 11) is 0. The molecule has 0 radical (unpaired) electrons. The van der Waals surface area contributed by atoms with E-state index in [0.29, 0.717) is 16.6 Å². The first-order chi connectivity index (χ1) is 10.8. The van der Waals surface area contributed by atoms with Gasteiger partial charge < -0.3 is 5.11 Å². The Kier molecular flexibility index (Phi) is 3.41. The van der Waals surface area contributed by atoms with Crippen LogP contribution in [-0.4, -0.2) is 10.9 Å². The van der Waals surface area contributed by atoms with Gasteiger partial charge in [-0.3, -0.25) is 0 Å². The summed E-state index contributed by atoms with van der Waals surface area (Å²) in [4.78, 5) is 1.32. The fraction of sp³-hybridized carbons (Fsp3) is 0.714. The van der Waals surface area contributed by atoms with Gasteiger partial charge in [0.1, 0.15) is 5.75 Å². The van der Waals surface area contributed by atoms with Gasteiger partial charge in [0.05, 0.1) is 0 Å². The summed E-state index contributed by atoms with van der Waals surface area (Å²) in [6.45, 7) is 10.1. The lowest BCUT2D eigenvalue weighted by molar-refractivity contribution is -0.0973. The largest absolute Gasteiger partial charge is 0.508 e. The molecule has 1 nitrogen and oxygen atoms in total. The molecule has 2 saturated carbocycles. The minimum absolute atomic E-state index is 0.285. The van der Waals surface area contributed by atoms with Gasteiger partial charge in [0, 0.05) is 10.6 Å². The fourth-order valence-electron chi connectivity index (χ4n) is 6.62. The summed E-state index contributed by atoms with van der Waals surface area (Å²) >= 11 is 1.98. The van der Waals surface area contributed by atoms with Crippen LogP contribution < -0.4 is 0 Å². The van der Waals surface area contributed by atoms with E-state index in [9.17, 15) is 5.11 Å². The zero-order valence-electron chi connectivity index (χ0n) is 15.0. The van der Waals surface area contributed by atoms with Crippen molar-refractivity contribution in [2.75, 3.05) is 5.75 Å². The lowest BCUT2D eigenvalue weighted by atomic mass is 9.43. The van der Waals surface area contributed by atoms with Gasteiger partial charge in [0.2, 0.25) is 0 Å². The van der Waals surface area contributed by atoms with Crippen molar-refractivity contribution in [3.05, 3.63) is 23.8 Å². The molecule has 1 aliphatic heterocycles. The number of phenols is 1. The Hall–Kier alpha value is -0.630. The SMILES string of the molecule is CC1(C)CCC[C@]2(C)[C@H]3CSc4cc(O)ccc4[C@]3(C)CC[C@@H]12. The van der Waals surface area contributed by atoms with Crippen LogP contribution in [0.3, 0.4) is 0 Å². The molecule has 4 atom stereocenters. The van der Waals surface area contributed by atoms with Gasteiger partial charge in [-0.15, -0.1) is 11.8 Å². The van der Waals surface area contributed by atoms with Gasteiger partial charge >= 0.3 is 0 Å². The summed E-state index contributed by atoms with van der Waals surface area (Å²) in [5.74, 6) is 3.25. The van der Waals surface area contributed by atoms with Crippen LogP contribution in [0.5, 0.6) is 5.75 Å². The Labute approximate surface area is 145 Å².